The Labute approximate surface area is 105 Å². The maximum Gasteiger partial charge on any atom is 0.298 e. The van der Waals surface area contributed by atoms with Crippen LogP contribution in [0.3, 0.4) is 0 Å². The molecule has 0 unspecified atom stereocenters. The van der Waals surface area contributed by atoms with E-state index in [0.29, 0.717) is 0 Å². The molecular formula is C10H16N2O5S. The zero-order chi connectivity index (χ0) is 13.6. The number of aromatic hydroxyl groups is 2. The van der Waals surface area contributed by atoms with Crippen molar-refractivity contribution in [3.8, 4) is 11.5 Å². The van der Waals surface area contributed by atoms with Gasteiger partial charge in [0.05, 0.1) is 0 Å². The van der Waals surface area contributed by atoms with Gasteiger partial charge in [-0.05, 0) is 12.1 Å². The Morgan fingerprint density at radius 1 is 1.00 bits per heavy atom. The minimum absolute atomic E-state index is 0.347. The lowest BCUT2D eigenvalue weighted by atomic mass is 10.3. The predicted octanol–water partition coefficient (Wildman–Crippen LogP) is -0.476. The third-order valence-corrected chi connectivity index (χ3v) is 3.06. The maximum absolute atomic E-state index is 10.5. The summed E-state index contributed by atoms with van der Waals surface area (Å²) >= 11 is 0. The molecule has 5 N–H and O–H groups in total. The second kappa shape index (κ2) is 6.55. The summed E-state index contributed by atoms with van der Waals surface area (Å²) in [6, 6.07) is 2.83. The number of benzene rings is 1. The van der Waals surface area contributed by atoms with Crippen molar-refractivity contribution in [1.82, 2.24) is 10.6 Å². The van der Waals surface area contributed by atoms with Gasteiger partial charge in [0, 0.05) is 32.2 Å². The van der Waals surface area contributed by atoms with E-state index in [4.69, 9.17) is 14.8 Å². The number of phenolic OH excluding ortho intramolecular Hbond substituents is 2. The molecular weight excluding hydrogens is 260 g/mol. The van der Waals surface area contributed by atoms with Crippen LogP contribution in [0.5, 0.6) is 11.5 Å². The van der Waals surface area contributed by atoms with Gasteiger partial charge < -0.3 is 20.8 Å². The molecule has 0 radical (unpaired) electrons. The second-order valence-electron chi connectivity index (χ2n) is 3.63. The molecule has 0 amide bonds. The van der Waals surface area contributed by atoms with E-state index < -0.39 is 20.8 Å². The zero-order valence-corrected chi connectivity index (χ0v) is 10.4. The Balaban J connectivity index is 0.000000225. The van der Waals surface area contributed by atoms with Gasteiger partial charge in [0.1, 0.15) is 16.4 Å². The van der Waals surface area contributed by atoms with Gasteiger partial charge in [0.15, 0.2) is 0 Å². The number of hydrogen-bond acceptors (Lipinski definition) is 6. The van der Waals surface area contributed by atoms with Gasteiger partial charge in [-0.3, -0.25) is 4.55 Å². The molecule has 18 heavy (non-hydrogen) atoms. The molecule has 0 saturated carbocycles. The topological polar surface area (TPSA) is 119 Å². The van der Waals surface area contributed by atoms with Crippen LogP contribution in [0.1, 0.15) is 0 Å². The van der Waals surface area contributed by atoms with E-state index in [1.54, 1.807) is 0 Å². The molecule has 1 heterocycles. The van der Waals surface area contributed by atoms with Gasteiger partial charge in [-0.1, -0.05) is 0 Å². The Hall–Kier alpha value is -1.35. The number of hydrogen-bond donors (Lipinski definition) is 5. The van der Waals surface area contributed by atoms with Crippen molar-refractivity contribution in [2.24, 2.45) is 0 Å². The molecule has 1 aromatic rings. The summed E-state index contributed by atoms with van der Waals surface area (Å²) in [5.74, 6) is -0.948. The highest BCUT2D eigenvalue weighted by Crippen LogP contribution is 2.25. The lowest BCUT2D eigenvalue weighted by molar-refractivity contribution is 0.433. The van der Waals surface area contributed by atoms with E-state index >= 15 is 0 Å². The highest BCUT2D eigenvalue weighted by molar-refractivity contribution is 7.86. The monoisotopic (exact) mass is 276 g/mol. The van der Waals surface area contributed by atoms with Crippen LogP contribution in [0, 0.1) is 0 Å². The van der Waals surface area contributed by atoms with E-state index in [-0.39, 0.29) is 5.75 Å². The van der Waals surface area contributed by atoms with Gasteiger partial charge in [0.2, 0.25) is 0 Å². The van der Waals surface area contributed by atoms with Crippen molar-refractivity contribution in [2.45, 2.75) is 4.90 Å². The highest BCUT2D eigenvalue weighted by atomic mass is 32.2. The summed E-state index contributed by atoms with van der Waals surface area (Å²) in [6.07, 6.45) is 0. The van der Waals surface area contributed by atoms with E-state index in [0.717, 1.165) is 44.4 Å². The van der Waals surface area contributed by atoms with Crippen molar-refractivity contribution in [1.29, 1.82) is 0 Å². The minimum Gasteiger partial charge on any atom is -0.508 e. The van der Waals surface area contributed by atoms with Crippen LogP contribution < -0.4 is 10.6 Å². The predicted molar refractivity (Wildman–Crippen MR) is 65.3 cm³/mol. The van der Waals surface area contributed by atoms with Crippen LogP contribution in [-0.2, 0) is 10.1 Å². The molecule has 8 heteroatoms. The Kier molecular flexibility index (Phi) is 5.35. The van der Waals surface area contributed by atoms with E-state index in [9.17, 15) is 8.42 Å². The molecule has 1 aliphatic rings. The Morgan fingerprint density at radius 3 is 1.83 bits per heavy atom. The molecule has 1 aliphatic heterocycles. The quantitative estimate of drug-likeness (QED) is 0.347. The molecule has 0 aliphatic carbocycles. The fourth-order valence-electron chi connectivity index (χ4n) is 1.31. The molecule has 0 atom stereocenters. The van der Waals surface area contributed by atoms with Gasteiger partial charge in [-0.25, -0.2) is 0 Å². The normalized spacial score (nSPS) is 15.6. The molecule has 1 aromatic carbocycles. The SMILES string of the molecule is C1CNCCN1.O=S(=O)(O)c1cc(O)ccc1O. The number of phenols is 2. The van der Waals surface area contributed by atoms with Gasteiger partial charge in [-0.2, -0.15) is 8.42 Å². The summed E-state index contributed by atoms with van der Waals surface area (Å²) in [6.45, 7) is 4.56. The first-order valence-electron chi connectivity index (χ1n) is 5.32. The summed E-state index contributed by atoms with van der Waals surface area (Å²) < 4.78 is 29.5. The maximum atomic E-state index is 10.5. The van der Waals surface area contributed by atoms with Crippen molar-refractivity contribution in [3.05, 3.63) is 18.2 Å². The minimum atomic E-state index is -4.47. The van der Waals surface area contributed by atoms with Gasteiger partial charge in [0.25, 0.3) is 10.1 Å². The van der Waals surface area contributed by atoms with Crippen LogP contribution >= 0.6 is 0 Å². The molecule has 0 bridgehead atoms. The van der Waals surface area contributed by atoms with Crippen molar-refractivity contribution in [3.63, 3.8) is 0 Å². The molecule has 102 valence electrons. The second-order valence-corrected chi connectivity index (χ2v) is 5.02. The van der Waals surface area contributed by atoms with Crippen LogP contribution in [-0.4, -0.2) is 49.4 Å². The first-order valence-corrected chi connectivity index (χ1v) is 6.76. The van der Waals surface area contributed by atoms with E-state index in [1.807, 2.05) is 0 Å². The van der Waals surface area contributed by atoms with Crippen LogP contribution in [0.2, 0.25) is 0 Å². The molecule has 0 aromatic heterocycles. The number of rotatable bonds is 1. The van der Waals surface area contributed by atoms with Gasteiger partial charge >= 0.3 is 0 Å². The molecule has 7 nitrogen and oxygen atoms in total. The van der Waals surface area contributed by atoms with Crippen LogP contribution in [0.15, 0.2) is 23.1 Å². The lowest BCUT2D eigenvalue weighted by Gasteiger charge is -2.11. The van der Waals surface area contributed by atoms with Crippen molar-refractivity contribution < 1.29 is 23.2 Å². The average Bonchev–Trinajstić information content (AvgIpc) is 2.34. The third-order valence-electron chi connectivity index (χ3n) is 2.18. The van der Waals surface area contributed by atoms with Crippen LogP contribution in [0.4, 0.5) is 0 Å². The fourth-order valence-corrected chi connectivity index (χ4v) is 1.91. The fraction of sp³-hybridized carbons (Fsp3) is 0.400. The van der Waals surface area contributed by atoms with Crippen LogP contribution in [0.25, 0.3) is 0 Å². The lowest BCUT2D eigenvalue weighted by Crippen LogP contribution is -2.39. The highest BCUT2D eigenvalue weighted by Gasteiger charge is 2.15. The first-order chi connectivity index (χ1) is 8.41. The Morgan fingerprint density at radius 2 is 1.50 bits per heavy atom. The Bertz CT molecular complexity index is 474. The molecule has 1 fully saturated rings. The number of nitrogens with one attached hydrogen (secondary N) is 2. The summed E-state index contributed by atoms with van der Waals surface area (Å²) in [5.41, 5.74) is 0. The largest absolute Gasteiger partial charge is 0.508 e. The van der Waals surface area contributed by atoms with Crippen molar-refractivity contribution in [2.75, 3.05) is 26.2 Å². The molecule has 1 saturated heterocycles. The van der Waals surface area contributed by atoms with E-state index in [2.05, 4.69) is 10.6 Å². The summed E-state index contributed by atoms with van der Waals surface area (Å²) in [7, 11) is -4.47. The first kappa shape index (κ1) is 14.7. The zero-order valence-electron chi connectivity index (χ0n) is 9.63. The average molecular weight is 276 g/mol. The third kappa shape index (κ3) is 4.88. The van der Waals surface area contributed by atoms with Crippen molar-refractivity contribution >= 4 is 10.1 Å². The standard InChI is InChI=1S/C6H6O5S.C4H10N2/c7-4-1-2-5(8)6(3-4)12(9,10)11;1-2-6-4-3-5-1/h1-3,7-8H,(H,9,10,11);5-6H,1-4H2. The smallest absolute Gasteiger partial charge is 0.298 e. The molecule has 2 rings (SSSR count). The summed E-state index contributed by atoms with van der Waals surface area (Å²) in [5, 5.41) is 24.2. The van der Waals surface area contributed by atoms with Gasteiger partial charge in [-0.15, -0.1) is 0 Å². The molecule has 0 spiro atoms. The summed E-state index contributed by atoms with van der Waals surface area (Å²) in [4.78, 5) is -0.706. The van der Waals surface area contributed by atoms with E-state index in [1.165, 1.54) is 0 Å². The number of piperazine rings is 1.